The third-order valence-electron chi connectivity index (χ3n) is 1.86. The van der Waals surface area contributed by atoms with Gasteiger partial charge >= 0.3 is 0 Å². The first-order chi connectivity index (χ1) is 8.49. The number of aliphatic imine (C=N–C) groups is 1. The Bertz CT molecular complexity index is 600. The van der Waals surface area contributed by atoms with Gasteiger partial charge in [0.25, 0.3) is 0 Å². The third kappa shape index (κ3) is 3.58. The van der Waals surface area contributed by atoms with E-state index in [2.05, 4.69) is 4.99 Å². The standard InChI is InChI=1S/C11H6I2N4O/c12-7-1-6(2-8(13)11(7)18)5-17-10(4-15)9(16)3-14/h1-2,5,18H,16H2. The Hall–Kier alpha value is -1.33. The van der Waals surface area contributed by atoms with Crippen LogP contribution in [0.4, 0.5) is 0 Å². The molecule has 0 aliphatic heterocycles. The molecule has 0 radical (unpaired) electrons. The Morgan fingerprint density at radius 3 is 2.28 bits per heavy atom. The van der Waals surface area contributed by atoms with Crippen molar-refractivity contribution in [2.75, 3.05) is 0 Å². The maximum Gasteiger partial charge on any atom is 0.174 e. The monoisotopic (exact) mass is 464 g/mol. The minimum atomic E-state index is -0.225. The third-order valence-corrected chi connectivity index (χ3v) is 3.51. The lowest BCUT2D eigenvalue weighted by Gasteiger charge is -2.01. The van der Waals surface area contributed by atoms with Crippen LogP contribution >= 0.6 is 45.2 Å². The highest BCUT2D eigenvalue weighted by atomic mass is 127. The molecule has 0 saturated carbocycles. The number of rotatable bonds is 2. The summed E-state index contributed by atoms with van der Waals surface area (Å²) in [5.74, 6) is 0.209. The molecular weight excluding hydrogens is 458 g/mol. The molecular formula is C11H6I2N4O. The molecule has 1 aromatic carbocycles. The molecule has 0 heterocycles. The molecule has 0 bridgehead atoms. The van der Waals surface area contributed by atoms with Crippen molar-refractivity contribution in [1.29, 1.82) is 10.5 Å². The van der Waals surface area contributed by atoms with E-state index in [9.17, 15) is 5.11 Å². The van der Waals surface area contributed by atoms with E-state index in [1.807, 2.05) is 45.2 Å². The number of hydrogen-bond acceptors (Lipinski definition) is 5. The van der Waals surface area contributed by atoms with Gasteiger partial charge in [0.2, 0.25) is 0 Å². The lowest BCUT2D eigenvalue weighted by Crippen LogP contribution is -1.97. The first-order valence-electron chi connectivity index (χ1n) is 4.51. The van der Waals surface area contributed by atoms with Crippen LogP contribution < -0.4 is 5.73 Å². The second kappa shape index (κ2) is 6.56. The zero-order valence-electron chi connectivity index (χ0n) is 8.85. The predicted molar refractivity (Wildman–Crippen MR) is 83.6 cm³/mol. The Kier molecular flexibility index (Phi) is 5.37. The summed E-state index contributed by atoms with van der Waals surface area (Å²) < 4.78 is 1.35. The van der Waals surface area contributed by atoms with E-state index in [4.69, 9.17) is 16.3 Å². The van der Waals surface area contributed by atoms with Gasteiger partial charge in [-0.05, 0) is 62.9 Å². The molecule has 3 N–H and O–H groups in total. The molecule has 1 rings (SSSR count). The van der Waals surface area contributed by atoms with E-state index in [1.165, 1.54) is 6.21 Å². The van der Waals surface area contributed by atoms with E-state index in [1.54, 1.807) is 24.3 Å². The van der Waals surface area contributed by atoms with Gasteiger partial charge in [0.05, 0.1) is 7.14 Å². The topological polar surface area (TPSA) is 106 Å². The highest BCUT2D eigenvalue weighted by molar-refractivity contribution is 14.1. The fourth-order valence-corrected chi connectivity index (χ4v) is 2.83. The fraction of sp³-hybridized carbons (Fsp3) is 0. The molecule has 1 aromatic rings. The zero-order valence-corrected chi connectivity index (χ0v) is 13.2. The Morgan fingerprint density at radius 1 is 1.28 bits per heavy atom. The summed E-state index contributed by atoms with van der Waals surface area (Å²) in [4.78, 5) is 3.85. The van der Waals surface area contributed by atoms with Crippen LogP contribution in [0.15, 0.2) is 28.5 Å². The van der Waals surface area contributed by atoms with E-state index in [0.717, 1.165) is 0 Å². The minimum Gasteiger partial charge on any atom is -0.506 e. The van der Waals surface area contributed by atoms with Crippen LogP contribution in [0.2, 0.25) is 0 Å². The number of phenols is 1. The van der Waals surface area contributed by atoms with E-state index in [0.29, 0.717) is 12.7 Å². The van der Waals surface area contributed by atoms with E-state index >= 15 is 0 Å². The smallest absolute Gasteiger partial charge is 0.174 e. The molecule has 0 fully saturated rings. The maximum atomic E-state index is 9.60. The number of benzene rings is 1. The van der Waals surface area contributed by atoms with Crippen molar-refractivity contribution in [2.45, 2.75) is 0 Å². The lowest BCUT2D eigenvalue weighted by atomic mass is 10.2. The molecule has 0 unspecified atom stereocenters. The molecule has 0 aliphatic rings. The molecule has 0 saturated heterocycles. The van der Waals surface area contributed by atoms with E-state index in [-0.39, 0.29) is 17.1 Å². The van der Waals surface area contributed by atoms with Gasteiger partial charge in [0.15, 0.2) is 5.70 Å². The lowest BCUT2D eigenvalue weighted by molar-refractivity contribution is 0.467. The Labute approximate surface area is 131 Å². The van der Waals surface area contributed by atoms with Crippen molar-refractivity contribution in [3.8, 4) is 17.9 Å². The number of allylic oxidation sites excluding steroid dienone is 2. The number of aromatic hydroxyl groups is 1. The van der Waals surface area contributed by atoms with Gasteiger partial charge < -0.3 is 10.8 Å². The van der Waals surface area contributed by atoms with Crippen molar-refractivity contribution in [3.63, 3.8) is 0 Å². The van der Waals surface area contributed by atoms with E-state index < -0.39 is 0 Å². The molecule has 18 heavy (non-hydrogen) atoms. The number of halogens is 2. The van der Waals surface area contributed by atoms with Crippen LogP contribution in [0.3, 0.4) is 0 Å². The summed E-state index contributed by atoms with van der Waals surface area (Å²) in [6, 6.07) is 6.82. The summed E-state index contributed by atoms with van der Waals surface area (Å²) in [6.07, 6.45) is 1.42. The van der Waals surface area contributed by atoms with Gasteiger partial charge in [-0.1, -0.05) is 0 Å². The minimum absolute atomic E-state index is 0.129. The van der Waals surface area contributed by atoms with Gasteiger partial charge in [-0.3, -0.25) is 0 Å². The van der Waals surface area contributed by atoms with Gasteiger partial charge in [-0.2, -0.15) is 10.5 Å². The first kappa shape index (κ1) is 14.7. The largest absolute Gasteiger partial charge is 0.506 e. The average molecular weight is 464 g/mol. The van der Waals surface area contributed by atoms with Gasteiger partial charge in [-0.25, -0.2) is 4.99 Å². The van der Waals surface area contributed by atoms with Gasteiger partial charge in [0.1, 0.15) is 23.6 Å². The zero-order chi connectivity index (χ0) is 13.7. The molecule has 7 heteroatoms. The van der Waals surface area contributed by atoms with Crippen LogP contribution in [0, 0.1) is 29.8 Å². The summed E-state index contributed by atoms with van der Waals surface area (Å²) >= 11 is 3.98. The Morgan fingerprint density at radius 2 is 1.83 bits per heavy atom. The van der Waals surface area contributed by atoms with Crippen molar-refractivity contribution < 1.29 is 5.11 Å². The van der Waals surface area contributed by atoms with Crippen LogP contribution in [0.1, 0.15) is 5.56 Å². The molecule has 0 spiro atoms. The van der Waals surface area contributed by atoms with Crippen LogP contribution in [-0.2, 0) is 0 Å². The van der Waals surface area contributed by atoms with Crippen LogP contribution in [0.25, 0.3) is 0 Å². The first-order valence-corrected chi connectivity index (χ1v) is 6.67. The maximum absolute atomic E-state index is 9.60. The van der Waals surface area contributed by atoms with Gasteiger partial charge in [-0.15, -0.1) is 0 Å². The number of phenolic OH excluding ortho intramolecular Hbond substituents is 1. The number of hydrogen-bond donors (Lipinski definition) is 2. The molecule has 5 nitrogen and oxygen atoms in total. The number of nitriles is 2. The van der Waals surface area contributed by atoms with Crippen molar-refractivity contribution in [2.24, 2.45) is 10.7 Å². The normalized spacial score (nSPS) is 11.8. The van der Waals surface area contributed by atoms with Crippen LogP contribution in [-0.4, -0.2) is 11.3 Å². The molecule has 90 valence electrons. The quantitative estimate of drug-likeness (QED) is 0.398. The van der Waals surface area contributed by atoms with Crippen molar-refractivity contribution >= 4 is 51.4 Å². The second-order valence-corrected chi connectivity index (χ2v) is 5.40. The van der Waals surface area contributed by atoms with Crippen molar-refractivity contribution in [1.82, 2.24) is 0 Å². The summed E-state index contributed by atoms with van der Waals surface area (Å²) in [5, 5.41) is 26.9. The SMILES string of the molecule is N#CC(N)=C(C#N)N=Cc1cc(I)c(O)c(I)c1. The summed E-state index contributed by atoms with van der Waals surface area (Å²) in [5.41, 5.74) is 5.67. The number of nitrogens with two attached hydrogens (primary N) is 1. The second-order valence-electron chi connectivity index (χ2n) is 3.08. The fourth-order valence-electron chi connectivity index (χ4n) is 1.01. The molecule has 0 aromatic heterocycles. The molecule has 0 amide bonds. The molecule has 0 atom stereocenters. The van der Waals surface area contributed by atoms with Crippen LogP contribution in [0.5, 0.6) is 5.75 Å². The predicted octanol–water partition coefficient (Wildman–Crippen LogP) is 2.24. The van der Waals surface area contributed by atoms with Gasteiger partial charge in [0, 0.05) is 6.21 Å². The summed E-state index contributed by atoms with van der Waals surface area (Å²) in [7, 11) is 0. The highest BCUT2D eigenvalue weighted by Gasteiger charge is 2.05. The Balaban J connectivity index is 3.14. The average Bonchev–Trinajstić information content (AvgIpc) is 2.36. The number of nitrogens with zero attached hydrogens (tertiary/aromatic N) is 3. The summed E-state index contributed by atoms with van der Waals surface area (Å²) in [6.45, 7) is 0. The molecule has 0 aliphatic carbocycles. The highest BCUT2D eigenvalue weighted by Crippen LogP contribution is 2.26. The van der Waals surface area contributed by atoms with Crippen molar-refractivity contribution in [3.05, 3.63) is 36.2 Å².